The quantitative estimate of drug-likeness (QED) is 0.230. The molecule has 0 saturated carbocycles. The molecule has 2 aromatic carbocycles. The van der Waals surface area contributed by atoms with Crippen molar-refractivity contribution < 1.29 is 26.3 Å². The van der Waals surface area contributed by atoms with Crippen LogP contribution in [0.1, 0.15) is 32.0 Å². The van der Waals surface area contributed by atoms with E-state index >= 15 is 17.6 Å². The lowest BCUT2D eigenvalue weighted by atomic mass is 9.94. The Morgan fingerprint density at radius 1 is 0.590 bits per heavy atom. The highest BCUT2D eigenvalue weighted by Crippen LogP contribution is 2.66. The van der Waals surface area contributed by atoms with E-state index in [0.29, 0.717) is 32.0 Å². The van der Waals surface area contributed by atoms with Crippen LogP contribution in [-0.2, 0) is 0 Å². The molecule has 2 heterocycles. The first-order chi connectivity index (χ1) is 18.3. The molecule has 0 unspecified atom stereocenters. The van der Waals surface area contributed by atoms with Crippen LogP contribution in [0.25, 0.3) is 32.0 Å². The van der Waals surface area contributed by atoms with Crippen molar-refractivity contribution in [2.24, 2.45) is 0 Å². The molecule has 0 amide bonds. The summed E-state index contributed by atoms with van der Waals surface area (Å²) in [7, 11) is 0. The zero-order chi connectivity index (χ0) is 28.3. The van der Waals surface area contributed by atoms with Crippen molar-refractivity contribution in [1.29, 1.82) is 10.5 Å². The molecule has 0 fully saturated rings. The van der Waals surface area contributed by atoms with E-state index in [-0.39, 0.29) is 20.9 Å². The molecule has 1 aliphatic rings. The summed E-state index contributed by atoms with van der Waals surface area (Å²) in [6, 6.07) is 18.7. The number of aryl methyl sites for hydroxylation is 2. The molecule has 2 nitrogen and oxygen atoms in total. The zero-order valence-corrected chi connectivity index (χ0v) is 21.9. The standard InChI is InChI=1S/C29H16F6N2S2/c1-15-21(11-23(38-15)19-7-3-17(13-36)4-8-19)25-26(28(32,33)29(34,35)27(25,30)31)22-12-24(39-16(22)2)20-9-5-18(14-37)6-10-20/h3-12H,1-2H3. The highest BCUT2D eigenvalue weighted by Gasteiger charge is 2.80. The molecule has 0 atom stereocenters. The minimum absolute atomic E-state index is 0.176. The summed E-state index contributed by atoms with van der Waals surface area (Å²) in [5.41, 5.74) is -1.73. The fourth-order valence-corrected chi connectivity index (χ4v) is 6.66. The van der Waals surface area contributed by atoms with Gasteiger partial charge in [0.2, 0.25) is 0 Å². The van der Waals surface area contributed by atoms with Crippen LogP contribution in [0.15, 0.2) is 60.7 Å². The molecule has 2 aromatic heterocycles. The van der Waals surface area contributed by atoms with Crippen molar-refractivity contribution in [3.63, 3.8) is 0 Å². The Balaban J connectivity index is 1.73. The number of halogens is 6. The molecule has 4 aromatic rings. The van der Waals surface area contributed by atoms with Gasteiger partial charge in [-0.1, -0.05) is 24.3 Å². The summed E-state index contributed by atoms with van der Waals surface area (Å²) in [5.74, 6) is -16.0. The molecule has 0 N–H and O–H groups in total. The lowest BCUT2D eigenvalue weighted by Gasteiger charge is -2.25. The second-order valence-electron chi connectivity index (χ2n) is 9.01. The number of hydrogen-bond donors (Lipinski definition) is 0. The Hall–Kier alpha value is -3.86. The summed E-state index contributed by atoms with van der Waals surface area (Å²) in [5, 5.41) is 18.0. The number of benzene rings is 2. The fraction of sp³-hybridized carbons (Fsp3) is 0.172. The predicted molar refractivity (Wildman–Crippen MR) is 140 cm³/mol. The zero-order valence-electron chi connectivity index (χ0n) is 20.3. The van der Waals surface area contributed by atoms with Gasteiger partial charge in [-0.25, -0.2) is 0 Å². The van der Waals surface area contributed by atoms with Crippen LogP contribution in [0, 0.1) is 36.5 Å². The average Bonchev–Trinajstić information content (AvgIpc) is 3.51. The van der Waals surface area contributed by atoms with Crippen LogP contribution in [0.2, 0.25) is 0 Å². The number of hydrogen-bond acceptors (Lipinski definition) is 4. The fourth-order valence-electron chi connectivity index (χ4n) is 4.60. The van der Waals surface area contributed by atoms with E-state index in [9.17, 15) is 8.78 Å². The molecular weight excluding hydrogens is 554 g/mol. The van der Waals surface area contributed by atoms with Crippen LogP contribution in [0.5, 0.6) is 0 Å². The Labute approximate surface area is 227 Å². The maximum atomic E-state index is 15.4. The van der Waals surface area contributed by atoms with Crippen molar-refractivity contribution >= 4 is 33.8 Å². The van der Waals surface area contributed by atoms with Gasteiger partial charge in [-0.2, -0.15) is 36.9 Å². The van der Waals surface area contributed by atoms with Gasteiger partial charge in [0.15, 0.2) is 0 Å². The van der Waals surface area contributed by atoms with Crippen molar-refractivity contribution in [1.82, 2.24) is 0 Å². The molecular formula is C29H16F6N2S2. The van der Waals surface area contributed by atoms with Crippen LogP contribution in [0.3, 0.4) is 0 Å². The van der Waals surface area contributed by atoms with Gasteiger partial charge in [0.05, 0.1) is 23.3 Å². The van der Waals surface area contributed by atoms with E-state index in [1.807, 2.05) is 12.1 Å². The van der Waals surface area contributed by atoms with E-state index in [2.05, 4.69) is 0 Å². The Bertz CT molecular complexity index is 1590. The van der Waals surface area contributed by atoms with Crippen LogP contribution >= 0.6 is 22.7 Å². The van der Waals surface area contributed by atoms with E-state index in [1.54, 1.807) is 24.3 Å². The maximum absolute atomic E-state index is 15.4. The highest BCUT2D eigenvalue weighted by atomic mass is 32.1. The molecule has 1 aliphatic carbocycles. The molecule has 196 valence electrons. The normalized spacial score (nSPS) is 17.2. The van der Waals surface area contributed by atoms with Crippen molar-refractivity contribution in [3.8, 4) is 33.0 Å². The van der Waals surface area contributed by atoms with E-state index < -0.39 is 28.9 Å². The van der Waals surface area contributed by atoms with Gasteiger partial charge in [0.1, 0.15) is 0 Å². The second-order valence-corrected chi connectivity index (χ2v) is 11.5. The van der Waals surface area contributed by atoms with Gasteiger partial charge >= 0.3 is 17.8 Å². The lowest BCUT2D eigenvalue weighted by Crippen LogP contribution is -2.48. The summed E-state index contributed by atoms with van der Waals surface area (Å²) in [4.78, 5) is 1.17. The van der Waals surface area contributed by atoms with E-state index in [0.717, 1.165) is 22.7 Å². The Kier molecular flexibility index (Phi) is 6.25. The summed E-state index contributed by atoms with van der Waals surface area (Å²) >= 11 is 2.02. The maximum Gasteiger partial charge on any atom is 0.380 e. The summed E-state index contributed by atoms with van der Waals surface area (Å²) < 4.78 is 91.3. The molecule has 0 aliphatic heterocycles. The minimum atomic E-state index is -5.66. The van der Waals surface area contributed by atoms with Gasteiger partial charge in [-0.3, -0.25) is 0 Å². The molecule has 0 radical (unpaired) electrons. The van der Waals surface area contributed by atoms with Crippen molar-refractivity contribution in [2.45, 2.75) is 31.6 Å². The Morgan fingerprint density at radius 3 is 1.23 bits per heavy atom. The molecule has 0 bridgehead atoms. The molecule has 5 rings (SSSR count). The third kappa shape index (κ3) is 3.98. The second kappa shape index (κ2) is 9.11. The third-order valence-electron chi connectivity index (χ3n) is 6.64. The monoisotopic (exact) mass is 570 g/mol. The van der Waals surface area contributed by atoms with Crippen LogP contribution in [-0.4, -0.2) is 17.8 Å². The molecule has 0 spiro atoms. The number of nitriles is 2. The van der Waals surface area contributed by atoms with Gasteiger partial charge in [-0.05, 0) is 72.5 Å². The van der Waals surface area contributed by atoms with Gasteiger partial charge < -0.3 is 0 Å². The van der Waals surface area contributed by atoms with Gasteiger partial charge in [0, 0.05) is 30.7 Å². The van der Waals surface area contributed by atoms with Gasteiger partial charge in [0.25, 0.3) is 0 Å². The summed E-state index contributed by atoms with van der Waals surface area (Å²) in [6.45, 7) is 2.84. The van der Waals surface area contributed by atoms with Gasteiger partial charge in [-0.15, -0.1) is 22.7 Å². The molecule has 39 heavy (non-hydrogen) atoms. The van der Waals surface area contributed by atoms with Crippen molar-refractivity contribution in [2.75, 3.05) is 0 Å². The number of nitrogens with zero attached hydrogens (tertiary/aromatic N) is 2. The Morgan fingerprint density at radius 2 is 0.923 bits per heavy atom. The highest BCUT2D eigenvalue weighted by molar-refractivity contribution is 7.16. The first kappa shape index (κ1) is 26.7. The number of alkyl halides is 6. The molecule has 10 heteroatoms. The lowest BCUT2D eigenvalue weighted by molar-refractivity contribution is -0.254. The smallest absolute Gasteiger partial charge is 0.194 e. The molecule has 0 saturated heterocycles. The number of thiophene rings is 2. The summed E-state index contributed by atoms with van der Waals surface area (Å²) in [6.07, 6.45) is 0. The van der Waals surface area contributed by atoms with E-state index in [1.165, 1.54) is 50.2 Å². The first-order valence-electron chi connectivity index (χ1n) is 11.4. The SMILES string of the molecule is Cc1sc(-c2ccc(C#N)cc2)cc1C1=C(c2cc(-c3ccc(C#N)cc3)sc2C)C(F)(F)C(F)(F)C1(F)F. The van der Waals surface area contributed by atoms with Crippen molar-refractivity contribution in [3.05, 3.63) is 92.7 Å². The largest absolute Gasteiger partial charge is 0.380 e. The number of allylic oxidation sites excluding steroid dienone is 2. The van der Waals surface area contributed by atoms with Crippen LogP contribution in [0.4, 0.5) is 26.3 Å². The number of rotatable bonds is 4. The predicted octanol–water partition coefficient (Wildman–Crippen LogP) is 9.33. The first-order valence-corrected chi connectivity index (χ1v) is 13.1. The van der Waals surface area contributed by atoms with Crippen LogP contribution < -0.4 is 0 Å². The van der Waals surface area contributed by atoms with E-state index in [4.69, 9.17) is 10.5 Å². The third-order valence-corrected chi connectivity index (χ3v) is 8.84. The topological polar surface area (TPSA) is 47.6 Å². The minimum Gasteiger partial charge on any atom is -0.194 e. The average molecular weight is 571 g/mol.